The zero-order chi connectivity index (χ0) is 29.8. The van der Waals surface area contributed by atoms with Gasteiger partial charge in [-0.25, -0.2) is 12.8 Å². The molecule has 0 aliphatic heterocycles. The van der Waals surface area contributed by atoms with E-state index in [0.717, 1.165) is 0 Å². The van der Waals surface area contributed by atoms with Crippen molar-refractivity contribution in [1.29, 1.82) is 0 Å². The third-order valence-electron chi connectivity index (χ3n) is 4.01. The van der Waals surface area contributed by atoms with Crippen molar-refractivity contribution in [3.05, 3.63) is 35.9 Å². The Morgan fingerprint density at radius 1 is 0.658 bits per heavy atom. The van der Waals surface area contributed by atoms with Gasteiger partial charge in [0.1, 0.15) is 15.9 Å². The molecule has 4 nitrogen and oxygen atoms in total. The largest absolute Gasteiger partial charge is 1.00 e. The first-order valence-corrected chi connectivity index (χ1v) is 9.56. The topological polar surface area (TPSA) is 66.4 Å². The fourth-order valence-electron chi connectivity index (χ4n) is 2.10. The van der Waals surface area contributed by atoms with E-state index >= 15 is 0 Å². The maximum atomic E-state index is 13.7. The number of hydrogen-bond donors (Lipinski definition) is 0. The minimum atomic E-state index is -8.63. The molecule has 23 heteroatoms. The number of rotatable bonds is 9. The molecule has 0 saturated carbocycles. The predicted molar refractivity (Wildman–Crippen MR) is 80.0 cm³/mol. The Balaban J connectivity index is 0.0000137. The normalized spacial score (nSPS) is 15.5. The molecule has 0 bridgehead atoms. The van der Waals surface area contributed by atoms with Crippen LogP contribution in [0.2, 0.25) is 0 Å². The van der Waals surface area contributed by atoms with Crippen LogP contribution in [0.5, 0.6) is 5.75 Å². The fraction of sp³-hybridized carbons (Fsp3) is 0.467. The Kier molecular flexibility index (Phi) is 10.0. The summed E-state index contributed by atoms with van der Waals surface area (Å²) in [6.07, 6.45) is -14.3. The third kappa shape index (κ3) is 5.82. The second-order valence-corrected chi connectivity index (χ2v) is 7.87. The minimum Gasteiger partial charge on any atom is -0.744 e. The Hall–Kier alpha value is -1.52. The first-order chi connectivity index (χ1) is 16.0. The van der Waals surface area contributed by atoms with Crippen LogP contribution in [0.3, 0.4) is 0 Å². The summed E-state index contributed by atoms with van der Waals surface area (Å²) in [6, 6.07) is 1.29. The molecule has 0 aliphatic carbocycles. The van der Waals surface area contributed by atoms with Crippen LogP contribution in [0.25, 0.3) is 0 Å². The van der Waals surface area contributed by atoms with Crippen LogP contribution in [0.4, 0.5) is 74.6 Å². The molecule has 0 unspecified atom stereocenters. The van der Waals surface area contributed by atoms with Gasteiger partial charge in [-0.3, -0.25) is 0 Å². The number of ether oxygens (including phenoxy) is 1. The van der Waals surface area contributed by atoms with Crippen molar-refractivity contribution in [2.45, 2.75) is 46.8 Å². The van der Waals surface area contributed by atoms with Crippen LogP contribution < -0.4 is 34.3 Å². The van der Waals surface area contributed by atoms with Gasteiger partial charge in [0, 0.05) is 0 Å². The second-order valence-electron chi connectivity index (χ2n) is 6.52. The summed E-state index contributed by atoms with van der Waals surface area (Å²) in [7, 11) is -5.82. The zero-order valence-corrected chi connectivity index (χ0v) is 20.1. The average Bonchev–Trinajstić information content (AvgIpc) is 2.70. The van der Waals surface area contributed by atoms with E-state index in [0.29, 0.717) is 12.1 Å². The monoisotopic (exact) mass is 626 g/mol. The molecule has 0 saturated heterocycles. The van der Waals surface area contributed by atoms with E-state index in [2.05, 4.69) is 4.74 Å². The molecule has 0 heterocycles. The molecule has 0 aromatic heterocycles. The van der Waals surface area contributed by atoms with Gasteiger partial charge in [-0.15, -0.1) is 0 Å². The molecule has 0 aliphatic rings. The van der Waals surface area contributed by atoms with Crippen molar-refractivity contribution in [2.75, 3.05) is 0 Å². The molecule has 0 amide bonds. The van der Waals surface area contributed by atoms with Gasteiger partial charge in [0.25, 0.3) is 0 Å². The molecule has 38 heavy (non-hydrogen) atoms. The van der Waals surface area contributed by atoms with Crippen LogP contribution in [0.1, 0.15) is 0 Å². The molecule has 1 aromatic rings. The van der Waals surface area contributed by atoms with Crippen LogP contribution in [0, 0.1) is 0 Å². The van der Waals surface area contributed by atoms with Crippen molar-refractivity contribution >= 4 is 10.1 Å². The standard InChI is InChI=1S/C15H5F17O4S.Na/c16-7(8(17)10(20,21)36-5-3-1-2-4-6(5)37(33,34)35)9(18,19)11(22,23)12(24,25)13(26,27)14(28,29)15(30,31)32;/h1-4H,(H,33,34,35);/q;+1/p-1/b8-7+;. The van der Waals surface area contributed by atoms with E-state index in [1.165, 1.54) is 0 Å². The van der Waals surface area contributed by atoms with Crippen LogP contribution in [-0.2, 0) is 10.1 Å². The molecule has 0 spiro atoms. The predicted octanol–water partition coefficient (Wildman–Crippen LogP) is 3.46. The Morgan fingerprint density at radius 3 is 1.45 bits per heavy atom. The van der Waals surface area contributed by atoms with Gasteiger partial charge >= 0.3 is 71.5 Å². The fourth-order valence-corrected chi connectivity index (χ4v) is 2.70. The summed E-state index contributed by atoms with van der Waals surface area (Å²) in [5.41, 5.74) is 0. The number of para-hydroxylation sites is 1. The van der Waals surface area contributed by atoms with Crippen molar-refractivity contribution in [1.82, 2.24) is 0 Å². The van der Waals surface area contributed by atoms with Crippen molar-refractivity contribution in [2.24, 2.45) is 0 Å². The van der Waals surface area contributed by atoms with Gasteiger partial charge in [0.15, 0.2) is 0 Å². The summed E-state index contributed by atoms with van der Waals surface area (Å²) < 4.78 is 259. The Morgan fingerprint density at radius 2 is 1.05 bits per heavy atom. The minimum absolute atomic E-state index is 0. The van der Waals surface area contributed by atoms with Crippen LogP contribution >= 0.6 is 0 Å². The van der Waals surface area contributed by atoms with Gasteiger partial charge < -0.3 is 9.29 Å². The maximum Gasteiger partial charge on any atom is 1.00 e. The number of alkyl halides is 15. The molecule has 1 rings (SSSR count). The molecule has 1 aromatic carbocycles. The number of allylic oxidation sites excluding steroid dienone is 1. The van der Waals surface area contributed by atoms with Gasteiger partial charge in [-0.05, 0) is 12.1 Å². The van der Waals surface area contributed by atoms with Gasteiger partial charge in [-0.2, -0.15) is 70.2 Å². The number of halogens is 17. The Labute approximate surface area is 220 Å². The Bertz CT molecular complexity index is 1160. The van der Waals surface area contributed by atoms with Crippen molar-refractivity contribution in [3.8, 4) is 5.75 Å². The van der Waals surface area contributed by atoms with E-state index in [4.69, 9.17) is 0 Å². The molecule has 0 radical (unpaired) electrons. The summed E-state index contributed by atoms with van der Waals surface area (Å²) in [5, 5.41) is 0. The maximum absolute atomic E-state index is 13.7. The van der Waals surface area contributed by atoms with Gasteiger partial charge in [0.05, 0.1) is 4.90 Å². The SMILES string of the molecule is O=S(=O)([O-])c1ccccc1OC(F)(F)/C(F)=C(\F)C(F)(F)C(F)(F)C(F)(F)C(F)(F)C(F)(F)C(F)(F)F.[Na+]. The quantitative estimate of drug-likeness (QED) is 0.240. The summed E-state index contributed by atoms with van der Waals surface area (Å²) in [6.45, 7) is 0. The third-order valence-corrected chi connectivity index (χ3v) is 4.89. The second kappa shape index (κ2) is 10.5. The first kappa shape index (κ1) is 36.5. The summed E-state index contributed by atoms with van der Waals surface area (Å²) >= 11 is 0. The van der Waals surface area contributed by atoms with Gasteiger partial charge in [0.2, 0.25) is 11.7 Å². The molecule has 0 fully saturated rings. The molecular weight excluding hydrogens is 622 g/mol. The van der Waals surface area contributed by atoms with E-state index in [9.17, 15) is 87.6 Å². The molecular formula is C15H4F17NaO4S. The van der Waals surface area contributed by atoms with E-state index in [1.54, 1.807) is 0 Å². The van der Waals surface area contributed by atoms with Crippen molar-refractivity contribution < 1.29 is 122 Å². The molecule has 0 N–H and O–H groups in total. The first-order valence-electron chi connectivity index (χ1n) is 8.15. The van der Waals surface area contributed by atoms with E-state index in [1.807, 2.05) is 0 Å². The zero-order valence-electron chi connectivity index (χ0n) is 17.3. The van der Waals surface area contributed by atoms with Crippen LogP contribution in [-0.4, -0.2) is 54.9 Å². The number of benzene rings is 1. The van der Waals surface area contributed by atoms with Crippen LogP contribution in [0.15, 0.2) is 40.8 Å². The van der Waals surface area contributed by atoms with Gasteiger partial charge in [-0.1, -0.05) is 12.1 Å². The smallest absolute Gasteiger partial charge is 0.744 e. The van der Waals surface area contributed by atoms with E-state index in [-0.39, 0.29) is 41.7 Å². The summed E-state index contributed by atoms with van der Waals surface area (Å²) in [5.74, 6) is -53.7. The molecule has 214 valence electrons. The molecule has 0 atom stereocenters. The van der Waals surface area contributed by atoms with Crippen molar-refractivity contribution in [3.63, 3.8) is 0 Å². The van der Waals surface area contributed by atoms with E-state index < -0.39 is 74.3 Å². The summed E-state index contributed by atoms with van der Waals surface area (Å²) in [4.78, 5) is -1.85. The average molecular weight is 626 g/mol. The number of hydrogen-bond acceptors (Lipinski definition) is 4.